The summed E-state index contributed by atoms with van der Waals surface area (Å²) < 4.78 is 37.6. The number of benzene rings is 1. The average Bonchev–Trinajstić information content (AvgIpc) is 2.64. The number of nitrogens with zero attached hydrogens (tertiary/aromatic N) is 4. The van der Waals surface area contributed by atoms with Gasteiger partial charge in [0.05, 0.1) is 16.7 Å². The van der Waals surface area contributed by atoms with Crippen LogP contribution in [0.25, 0.3) is 11.0 Å². The van der Waals surface area contributed by atoms with Crippen LogP contribution in [0.2, 0.25) is 0 Å². The van der Waals surface area contributed by atoms with E-state index >= 15 is 0 Å². The summed E-state index contributed by atoms with van der Waals surface area (Å²) in [6.45, 7) is 1.90. The molecule has 0 aliphatic heterocycles. The molecule has 1 aromatic carbocycles. The fourth-order valence-electron chi connectivity index (χ4n) is 2.23. The van der Waals surface area contributed by atoms with E-state index in [2.05, 4.69) is 25.3 Å². The Bertz CT molecular complexity index is 963. The van der Waals surface area contributed by atoms with Crippen molar-refractivity contribution >= 4 is 28.7 Å². The zero-order chi connectivity index (χ0) is 19.4. The van der Waals surface area contributed by atoms with Crippen molar-refractivity contribution in [2.75, 3.05) is 5.75 Å². The number of amides is 1. The first-order valence-corrected chi connectivity index (χ1v) is 8.81. The van der Waals surface area contributed by atoms with Crippen molar-refractivity contribution in [1.82, 2.24) is 25.3 Å². The molecule has 0 atom stereocenters. The molecule has 0 radical (unpaired) electrons. The van der Waals surface area contributed by atoms with Gasteiger partial charge in [-0.05, 0) is 24.6 Å². The first-order valence-electron chi connectivity index (χ1n) is 7.83. The van der Waals surface area contributed by atoms with Gasteiger partial charge in [-0.2, -0.15) is 13.2 Å². The van der Waals surface area contributed by atoms with Crippen molar-refractivity contribution in [2.45, 2.75) is 24.7 Å². The van der Waals surface area contributed by atoms with E-state index in [1.165, 1.54) is 30.2 Å². The lowest BCUT2D eigenvalue weighted by Crippen LogP contribution is -2.24. The van der Waals surface area contributed by atoms with E-state index in [0.29, 0.717) is 27.4 Å². The number of carbonyl (C=O) groups excluding carboxylic acids is 1. The van der Waals surface area contributed by atoms with Crippen LogP contribution in [-0.4, -0.2) is 31.6 Å². The van der Waals surface area contributed by atoms with Gasteiger partial charge in [0.2, 0.25) is 5.91 Å². The second kappa shape index (κ2) is 7.87. The quantitative estimate of drug-likeness (QED) is 0.530. The van der Waals surface area contributed by atoms with Gasteiger partial charge < -0.3 is 5.32 Å². The fraction of sp³-hybridized carbons (Fsp3) is 0.235. The topological polar surface area (TPSA) is 80.7 Å². The number of nitrogens with one attached hydrogen (secondary N) is 1. The van der Waals surface area contributed by atoms with Gasteiger partial charge in [-0.1, -0.05) is 23.9 Å². The van der Waals surface area contributed by atoms with Crippen LogP contribution in [0.1, 0.15) is 17.0 Å². The Balaban J connectivity index is 1.56. The van der Waals surface area contributed by atoms with E-state index in [1.807, 2.05) is 0 Å². The molecule has 0 unspecified atom stereocenters. The van der Waals surface area contributed by atoms with Crippen LogP contribution >= 0.6 is 11.8 Å². The molecule has 0 saturated heterocycles. The smallest absolute Gasteiger partial charge is 0.351 e. The Morgan fingerprint density at radius 2 is 1.89 bits per heavy atom. The number of aromatic nitrogens is 4. The maximum atomic E-state index is 12.5. The van der Waals surface area contributed by atoms with Gasteiger partial charge in [-0.3, -0.25) is 4.79 Å². The predicted molar refractivity (Wildman–Crippen MR) is 93.9 cm³/mol. The van der Waals surface area contributed by atoms with Gasteiger partial charge in [0.1, 0.15) is 17.2 Å². The molecule has 0 aliphatic rings. The second-order valence-electron chi connectivity index (χ2n) is 5.59. The summed E-state index contributed by atoms with van der Waals surface area (Å²) >= 11 is 1.21. The van der Waals surface area contributed by atoms with Gasteiger partial charge in [0.15, 0.2) is 5.65 Å². The van der Waals surface area contributed by atoms with Gasteiger partial charge in [0, 0.05) is 12.7 Å². The van der Waals surface area contributed by atoms with Crippen LogP contribution < -0.4 is 5.32 Å². The van der Waals surface area contributed by atoms with Crippen LogP contribution in [0, 0.1) is 6.92 Å². The summed E-state index contributed by atoms with van der Waals surface area (Å²) in [5.74, 6) is 0.423. The zero-order valence-corrected chi connectivity index (χ0v) is 14.9. The normalized spacial score (nSPS) is 11.6. The summed E-state index contributed by atoms with van der Waals surface area (Å²) in [6.07, 6.45) is -1.39. The minimum absolute atomic E-state index is 0.0978. The molecule has 0 spiro atoms. The Kier molecular flexibility index (Phi) is 5.54. The van der Waals surface area contributed by atoms with Crippen LogP contribution in [0.3, 0.4) is 0 Å². The van der Waals surface area contributed by atoms with Crippen LogP contribution in [0.4, 0.5) is 13.2 Å². The van der Waals surface area contributed by atoms with Crippen molar-refractivity contribution in [3.05, 3.63) is 53.7 Å². The number of halogens is 3. The molecule has 1 N–H and O–H groups in total. The number of hydrogen-bond donors (Lipinski definition) is 1. The van der Waals surface area contributed by atoms with Crippen molar-refractivity contribution in [2.24, 2.45) is 0 Å². The molecule has 0 saturated carbocycles. The van der Waals surface area contributed by atoms with Crippen LogP contribution in [-0.2, 0) is 17.5 Å². The Labute approximate surface area is 156 Å². The lowest BCUT2D eigenvalue weighted by atomic mass is 10.1. The third kappa shape index (κ3) is 4.91. The molecule has 2 heterocycles. The highest BCUT2D eigenvalue weighted by atomic mass is 32.2. The first kappa shape index (κ1) is 19.0. The van der Waals surface area contributed by atoms with E-state index in [4.69, 9.17) is 0 Å². The molecule has 3 aromatic rings. The average molecular weight is 393 g/mol. The van der Waals surface area contributed by atoms with Gasteiger partial charge in [0.25, 0.3) is 0 Å². The summed E-state index contributed by atoms with van der Waals surface area (Å²) in [5.41, 5.74) is 0.365. The minimum Gasteiger partial charge on any atom is -0.351 e. The largest absolute Gasteiger partial charge is 0.416 e. The highest BCUT2D eigenvalue weighted by molar-refractivity contribution is 8.00. The number of rotatable bonds is 5. The van der Waals surface area contributed by atoms with Crippen molar-refractivity contribution in [1.29, 1.82) is 0 Å². The van der Waals surface area contributed by atoms with Crippen molar-refractivity contribution in [3.8, 4) is 0 Å². The Morgan fingerprint density at radius 3 is 2.59 bits per heavy atom. The molecule has 27 heavy (non-hydrogen) atoms. The number of alkyl halides is 3. The Hall–Kier alpha value is -2.75. The second-order valence-corrected chi connectivity index (χ2v) is 6.56. The number of hydrogen-bond acceptors (Lipinski definition) is 6. The third-order valence-electron chi connectivity index (χ3n) is 3.59. The first-order chi connectivity index (χ1) is 12.8. The third-order valence-corrected chi connectivity index (χ3v) is 4.59. The van der Waals surface area contributed by atoms with Gasteiger partial charge in [-0.25, -0.2) is 19.9 Å². The number of thioether (sulfide) groups is 1. The minimum atomic E-state index is -4.37. The molecule has 1 amide bonds. The van der Waals surface area contributed by atoms with Crippen molar-refractivity contribution in [3.63, 3.8) is 0 Å². The van der Waals surface area contributed by atoms with Crippen molar-refractivity contribution < 1.29 is 18.0 Å². The van der Waals surface area contributed by atoms with E-state index < -0.39 is 11.7 Å². The summed E-state index contributed by atoms with van der Waals surface area (Å²) in [6, 6.07) is 4.66. The summed E-state index contributed by atoms with van der Waals surface area (Å²) in [7, 11) is 0. The zero-order valence-electron chi connectivity index (χ0n) is 14.1. The lowest BCUT2D eigenvalue weighted by Gasteiger charge is -2.09. The molecule has 6 nitrogen and oxygen atoms in total. The summed E-state index contributed by atoms with van der Waals surface area (Å²) in [4.78, 5) is 28.6. The molecule has 0 bridgehead atoms. The fourth-order valence-corrected chi connectivity index (χ4v) is 3.02. The standard InChI is InChI=1S/C17H14F3N5OS/c1-10-21-7-13-15(25-10)23-9-24-16(13)27-8-14(26)22-6-11-2-4-12(5-3-11)17(18,19)20/h2-5,7,9H,6,8H2,1H3,(H,22,26). The molecular formula is C17H14F3N5OS. The van der Waals surface area contributed by atoms with E-state index in [9.17, 15) is 18.0 Å². The monoisotopic (exact) mass is 393 g/mol. The lowest BCUT2D eigenvalue weighted by molar-refractivity contribution is -0.137. The SMILES string of the molecule is Cc1ncc2c(SCC(=O)NCc3ccc(C(F)(F)F)cc3)ncnc2n1. The van der Waals surface area contributed by atoms with Crippen LogP contribution in [0.5, 0.6) is 0 Å². The number of fused-ring (bicyclic) bond motifs is 1. The summed E-state index contributed by atoms with van der Waals surface area (Å²) in [5, 5.41) is 3.91. The van der Waals surface area contributed by atoms with E-state index in [0.717, 1.165) is 12.1 Å². The molecule has 2 aromatic heterocycles. The highest BCUT2D eigenvalue weighted by Crippen LogP contribution is 2.29. The van der Waals surface area contributed by atoms with Gasteiger partial charge in [-0.15, -0.1) is 0 Å². The number of carbonyl (C=O) groups is 1. The maximum absolute atomic E-state index is 12.5. The predicted octanol–water partition coefficient (Wildman–Crippen LogP) is 3.16. The van der Waals surface area contributed by atoms with E-state index in [-0.39, 0.29) is 18.2 Å². The highest BCUT2D eigenvalue weighted by Gasteiger charge is 2.29. The maximum Gasteiger partial charge on any atom is 0.416 e. The molecule has 140 valence electrons. The van der Waals surface area contributed by atoms with E-state index in [1.54, 1.807) is 13.1 Å². The van der Waals surface area contributed by atoms with Gasteiger partial charge >= 0.3 is 6.18 Å². The molecule has 3 rings (SSSR count). The molecule has 0 aliphatic carbocycles. The molecule has 0 fully saturated rings. The number of aryl methyl sites for hydroxylation is 1. The molecular weight excluding hydrogens is 379 g/mol. The Morgan fingerprint density at radius 1 is 1.15 bits per heavy atom. The molecule has 10 heteroatoms. The van der Waals surface area contributed by atoms with Crippen LogP contribution in [0.15, 0.2) is 41.8 Å².